The first-order valence-electron chi connectivity index (χ1n) is 7.29. The highest BCUT2D eigenvalue weighted by Crippen LogP contribution is 2.32. The molecular weight excluding hydrogens is 302 g/mol. The first-order chi connectivity index (χ1) is 10.6. The molecule has 1 aliphatic rings. The maximum absolute atomic E-state index is 10.5. The molecule has 0 fully saturated rings. The van der Waals surface area contributed by atoms with Crippen LogP contribution in [0.4, 0.5) is 0 Å². The lowest BCUT2D eigenvalue weighted by molar-refractivity contribution is -0.706. The number of fused-ring (bicyclic) bond motifs is 1. The zero-order valence-corrected chi connectivity index (χ0v) is 13.5. The van der Waals surface area contributed by atoms with E-state index >= 15 is 0 Å². The normalized spacial score (nSPS) is 16.4. The molecule has 22 heavy (non-hydrogen) atoms. The van der Waals surface area contributed by atoms with Crippen LogP contribution in [-0.4, -0.2) is 23.4 Å². The third-order valence-corrected chi connectivity index (χ3v) is 5.04. The van der Waals surface area contributed by atoms with E-state index in [-0.39, 0.29) is 0 Å². The van der Waals surface area contributed by atoms with Crippen LogP contribution in [0.1, 0.15) is 35.3 Å². The van der Waals surface area contributed by atoms with E-state index in [0.717, 1.165) is 21.9 Å². The van der Waals surface area contributed by atoms with E-state index in [1.165, 1.54) is 11.3 Å². The molecule has 2 heterocycles. The van der Waals surface area contributed by atoms with Gasteiger partial charge in [-0.05, 0) is 24.6 Å². The van der Waals surface area contributed by atoms with Gasteiger partial charge in [0, 0.05) is 6.92 Å². The van der Waals surface area contributed by atoms with E-state index < -0.39 is 12.2 Å². The summed E-state index contributed by atoms with van der Waals surface area (Å²) in [6.45, 7) is 5.23. The second-order valence-electron chi connectivity index (χ2n) is 5.42. The average Bonchev–Trinajstić information content (AvgIpc) is 2.88. The molecule has 2 aromatic rings. The first-order valence-corrected chi connectivity index (χ1v) is 8.17. The fraction of sp³-hybridized carbons (Fsp3) is 0.438. The number of thiazole rings is 1. The number of rotatable bonds is 4. The quantitative estimate of drug-likeness (QED) is 0.844. The van der Waals surface area contributed by atoms with Crippen LogP contribution < -0.4 is 14.0 Å². The maximum Gasteiger partial charge on any atom is 0.225 e. The van der Waals surface area contributed by atoms with Crippen molar-refractivity contribution < 1.29 is 24.3 Å². The number of aliphatic hydroxyl groups is 2. The Bertz CT molecular complexity index is 668. The van der Waals surface area contributed by atoms with E-state index in [1.54, 1.807) is 6.92 Å². The van der Waals surface area contributed by atoms with Gasteiger partial charge in [0.05, 0.1) is 6.10 Å². The maximum atomic E-state index is 10.5. The number of hydrogen-bond donors (Lipinski definition) is 2. The van der Waals surface area contributed by atoms with Crippen LogP contribution in [-0.2, 0) is 6.54 Å². The predicted octanol–water partition coefficient (Wildman–Crippen LogP) is 1.90. The van der Waals surface area contributed by atoms with Crippen molar-refractivity contribution in [2.45, 2.75) is 32.6 Å². The summed E-state index contributed by atoms with van der Waals surface area (Å²) < 4.78 is 13.0. The van der Waals surface area contributed by atoms with Gasteiger partial charge in [-0.15, -0.1) is 0 Å². The number of hydrogen-bond acceptors (Lipinski definition) is 5. The van der Waals surface area contributed by atoms with Crippen LogP contribution in [0, 0.1) is 6.92 Å². The largest absolute Gasteiger partial charge is 0.486 e. The van der Waals surface area contributed by atoms with Gasteiger partial charge in [-0.25, -0.2) is 0 Å². The number of aromatic nitrogens is 1. The molecule has 0 spiro atoms. The molecule has 2 unspecified atom stereocenters. The zero-order chi connectivity index (χ0) is 15.7. The molecule has 0 saturated heterocycles. The van der Waals surface area contributed by atoms with Crippen molar-refractivity contribution in [3.63, 3.8) is 0 Å². The van der Waals surface area contributed by atoms with Gasteiger partial charge in [0.2, 0.25) is 5.51 Å². The van der Waals surface area contributed by atoms with Crippen molar-refractivity contribution in [3.8, 4) is 11.5 Å². The summed E-state index contributed by atoms with van der Waals surface area (Å²) in [5.74, 6) is 1.40. The Balaban J connectivity index is 1.78. The van der Waals surface area contributed by atoms with Crippen LogP contribution in [0.3, 0.4) is 0 Å². The Kier molecular flexibility index (Phi) is 4.33. The fourth-order valence-corrected chi connectivity index (χ4v) is 3.54. The minimum Gasteiger partial charge on any atom is -0.486 e. The van der Waals surface area contributed by atoms with Crippen LogP contribution >= 0.6 is 11.3 Å². The average molecular weight is 322 g/mol. The Morgan fingerprint density at radius 3 is 2.64 bits per heavy atom. The van der Waals surface area contributed by atoms with Crippen molar-refractivity contribution in [2.75, 3.05) is 13.2 Å². The van der Waals surface area contributed by atoms with Gasteiger partial charge in [0.15, 0.2) is 23.7 Å². The van der Waals surface area contributed by atoms with Crippen molar-refractivity contribution in [1.29, 1.82) is 0 Å². The summed E-state index contributed by atoms with van der Waals surface area (Å²) in [5.41, 5.74) is 3.70. The lowest BCUT2D eigenvalue weighted by Gasteiger charge is -2.19. The third kappa shape index (κ3) is 2.95. The van der Waals surface area contributed by atoms with Crippen LogP contribution in [0.15, 0.2) is 23.7 Å². The van der Waals surface area contributed by atoms with Crippen molar-refractivity contribution in [1.82, 2.24) is 0 Å². The minimum atomic E-state index is -0.643. The molecular formula is C16H20NO4S+. The zero-order valence-electron chi connectivity index (χ0n) is 12.7. The highest BCUT2D eigenvalue weighted by Gasteiger charge is 2.23. The summed E-state index contributed by atoms with van der Waals surface area (Å²) in [6.07, 6.45) is -1.13. The number of benzene rings is 1. The van der Waals surface area contributed by atoms with Crippen molar-refractivity contribution >= 4 is 11.3 Å². The molecule has 0 aliphatic carbocycles. The smallest absolute Gasteiger partial charge is 0.225 e. The first kappa shape index (κ1) is 15.3. The Labute approximate surface area is 133 Å². The molecule has 0 bridgehead atoms. The van der Waals surface area contributed by atoms with Gasteiger partial charge in [-0.3, -0.25) is 0 Å². The highest BCUT2D eigenvalue weighted by molar-refractivity contribution is 7.09. The molecule has 3 rings (SSSR count). The number of aliphatic hydroxyl groups excluding tert-OH is 2. The van der Waals surface area contributed by atoms with Gasteiger partial charge in [0.25, 0.3) is 0 Å². The molecule has 1 aromatic heterocycles. The Hall–Kier alpha value is -1.63. The molecule has 2 atom stereocenters. The number of nitrogens with zero attached hydrogens (tertiary/aromatic N) is 1. The van der Waals surface area contributed by atoms with Gasteiger partial charge in [-0.1, -0.05) is 17.4 Å². The minimum absolute atomic E-state index is 0.439. The summed E-state index contributed by atoms with van der Waals surface area (Å²) in [4.78, 5) is 0.925. The molecule has 0 saturated carbocycles. The highest BCUT2D eigenvalue weighted by atomic mass is 32.1. The van der Waals surface area contributed by atoms with Crippen LogP contribution in [0.5, 0.6) is 11.5 Å². The predicted molar refractivity (Wildman–Crippen MR) is 82.3 cm³/mol. The van der Waals surface area contributed by atoms with Gasteiger partial charge < -0.3 is 19.7 Å². The molecule has 1 aromatic carbocycles. The topological polar surface area (TPSA) is 62.8 Å². The summed E-state index contributed by atoms with van der Waals surface area (Å²) in [7, 11) is 0. The SMILES string of the molecule is Cc1c(C(C)O)sc[n+]1CC(O)c1ccc2c(c1)OCCO2. The van der Waals surface area contributed by atoms with E-state index in [1.807, 2.05) is 35.2 Å². The summed E-state index contributed by atoms with van der Waals surface area (Å²) >= 11 is 1.50. The second kappa shape index (κ2) is 6.24. The molecule has 5 nitrogen and oxygen atoms in total. The summed E-state index contributed by atoms with van der Waals surface area (Å²) in [6, 6.07) is 5.52. The molecule has 2 N–H and O–H groups in total. The molecule has 6 heteroatoms. The second-order valence-corrected chi connectivity index (χ2v) is 6.31. The van der Waals surface area contributed by atoms with Crippen LogP contribution in [0.25, 0.3) is 0 Å². The summed E-state index contributed by atoms with van der Waals surface area (Å²) in [5, 5.41) is 20.2. The molecule has 0 amide bonds. The molecule has 1 aliphatic heterocycles. The van der Waals surface area contributed by atoms with E-state index in [0.29, 0.717) is 25.5 Å². The fourth-order valence-electron chi connectivity index (χ4n) is 2.57. The van der Waals surface area contributed by atoms with Crippen molar-refractivity contribution in [2.24, 2.45) is 0 Å². The van der Waals surface area contributed by atoms with Gasteiger partial charge in [0.1, 0.15) is 24.2 Å². The standard InChI is InChI=1S/C16H20NO4S/c1-10-16(11(2)18)22-9-17(10)8-13(19)12-3-4-14-15(7-12)21-6-5-20-14/h3-4,7,9,11,13,18-19H,5-6,8H2,1-2H3/q+1. The van der Waals surface area contributed by atoms with E-state index in [9.17, 15) is 10.2 Å². The molecule has 0 radical (unpaired) electrons. The lowest BCUT2D eigenvalue weighted by atomic mass is 10.1. The van der Waals surface area contributed by atoms with E-state index in [2.05, 4.69) is 0 Å². The Morgan fingerprint density at radius 2 is 1.95 bits per heavy atom. The molecule has 118 valence electrons. The van der Waals surface area contributed by atoms with Gasteiger partial charge in [-0.2, -0.15) is 4.57 Å². The lowest BCUT2D eigenvalue weighted by Crippen LogP contribution is -2.37. The van der Waals surface area contributed by atoms with Gasteiger partial charge >= 0.3 is 0 Å². The van der Waals surface area contributed by atoms with E-state index in [4.69, 9.17) is 9.47 Å². The third-order valence-electron chi connectivity index (χ3n) is 3.79. The monoisotopic (exact) mass is 322 g/mol. The van der Waals surface area contributed by atoms with Crippen molar-refractivity contribution in [3.05, 3.63) is 39.8 Å². The number of ether oxygens (including phenoxy) is 2. The Morgan fingerprint density at radius 1 is 1.23 bits per heavy atom. The van der Waals surface area contributed by atoms with Crippen LogP contribution in [0.2, 0.25) is 0 Å².